The van der Waals surface area contributed by atoms with Gasteiger partial charge in [-0.15, -0.1) is 0 Å². The predicted octanol–water partition coefficient (Wildman–Crippen LogP) is 2.50. The molecule has 0 radical (unpaired) electrons. The van der Waals surface area contributed by atoms with Gasteiger partial charge in [-0.3, -0.25) is 4.79 Å². The van der Waals surface area contributed by atoms with E-state index in [0.717, 1.165) is 36.0 Å². The average Bonchev–Trinajstić information content (AvgIpc) is 2.83. The van der Waals surface area contributed by atoms with Gasteiger partial charge in [-0.2, -0.15) is 0 Å². The third-order valence-corrected chi connectivity index (χ3v) is 3.43. The van der Waals surface area contributed by atoms with Crippen LogP contribution in [0.25, 0.3) is 10.9 Å². The van der Waals surface area contributed by atoms with Crippen molar-refractivity contribution in [1.82, 2.24) is 9.88 Å². The van der Waals surface area contributed by atoms with Gasteiger partial charge in [0, 0.05) is 30.2 Å². The molecule has 1 amide bonds. The fraction of sp³-hybridized carbons (Fsp3) is 0.267. The zero-order chi connectivity index (χ0) is 12.4. The second kappa shape index (κ2) is 4.69. The number of carbonyl (C=O) groups is 1. The highest BCUT2D eigenvalue weighted by atomic mass is 16.2. The highest BCUT2D eigenvalue weighted by Gasteiger charge is 2.15. The molecule has 0 spiro atoms. The van der Waals surface area contributed by atoms with Crippen molar-refractivity contribution in [3.8, 4) is 0 Å². The van der Waals surface area contributed by atoms with Crippen LogP contribution in [0.2, 0.25) is 0 Å². The van der Waals surface area contributed by atoms with Crippen molar-refractivity contribution in [1.29, 1.82) is 0 Å². The van der Waals surface area contributed by atoms with Crippen LogP contribution in [0.1, 0.15) is 12.0 Å². The lowest BCUT2D eigenvalue weighted by molar-refractivity contribution is -0.130. The van der Waals surface area contributed by atoms with E-state index in [9.17, 15) is 4.79 Å². The normalized spacial score (nSPS) is 15.2. The zero-order valence-corrected chi connectivity index (χ0v) is 10.2. The van der Waals surface area contributed by atoms with Crippen LogP contribution < -0.4 is 0 Å². The van der Waals surface area contributed by atoms with E-state index in [1.807, 2.05) is 29.3 Å². The summed E-state index contributed by atoms with van der Waals surface area (Å²) in [6.45, 7) is 1.60. The molecule has 0 aliphatic carbocycles. The average molecular weight is 240 g/mol. The van der Waals surface area contributed by atoms with Crippen LogP contribution >= 0.6 is 0 Å². The number of nitrogens with one attached hydrogen (secondary N) is 1. The third kappa shape index (κ3) is 2.04. The maximum Gasteiger partial charge on any atom is 0.227 e. The highest BCUT2D eigenvalue weighted by molar-refractivity contribution is 5.88. The number of para-hydroxylation sites is 1. The van der Waals surface area contributed by atoms with E-state index in [0.29, 0.717) is 6.42 Å². The fourth-order valence-electron chi connectivity index (χ4n) is 2.42. The van der Waals surface area contributed by atoms with Crippen LogP contribution in [0, 0.1) is 0 Å². The van der Waals surface area contributed by atoms with Gasteiger partial charge in [0.25, 0.3) is 0 Å². The molecule has 1 N–H and O–H groups in total. The van der Waals surface area contributed by atoms with Crippen LogP contribution in [0.3, 0.4) is 0 Å². The molecule has 3 rings (SSSR count). The Balaban J connectivity index is 1.79. The summed E-state index contributed by atoms with van der Waals surface area (Å²) in [5.41, 5.74) is 2.18. The number of aromatic amines is 1. The molecule has 2 aromatic rings. The van der Waals surface area contributed by atoms with E-state index in [1.54, 1.807) is 0 Å². The van der Waals surface area contributed by atoms with Gasteiger partial charge in [0.15, 0.2) is 0 Å². The number of H-pyrrole nitrogens is 1. The predicted molar refractivity (Wildman–Crippen MR) is 72.3 cm³/mol. The van der Waals surface area contributed by atoms with Crippen LogP contribution in [0.4, 0.5) is 0 Å². The molecule has 0 saturated carbocycles. The van der Waals surface area contributed by atoms with Gasteiger partial charge >= 0.3 is 0 Å². The summed E-state index contributed by atoms with van der Waals surface area (Å²) in [6, 6.07) is 8.10. The topological polar surface area (TPSA) is 36.1 Å². The summed E-state index contributed by atoms with van der Waals surface area (Å²) in [7, 11) is 0. The van der Waals surface area contributed by atoms with E-state index >= 15 is 0 Å². The van der Waals surface area contributed by atoms with E-state index in [-0.39, 0.29) is 5.91 Å². The molecular weight excluding hydrogens is 224 g/mol. The summed E-state index contributed by atoms with van der Waals surface area (Å²) in [5, 5.41) is 1.15. The molecule has 0 unspecified atom stereocenters. The number of carbonyl (C=O) groups excluding carboxylic acids is 1. The van der Waals surface area contributed by atoms with Crippen molar-refractivity contribution in [2.75, 3.05) is 13.1 Å². The highest BCUT2D eigenvalue weighted by Crippen LogP contribution is 2.19. The summed E-state index contributed by atoms with van der Waals surface area (Å²) in [4.78, 5) is 17.3. The van der Waals surface area contributed by atoms with Crippen molar-refractivity contribution < 1.29 is 4.79 Å². The van der Waals surface area contributed by atoms with Gasteiger partial charge in [-0.05, 0) is 18.1 Å². The minimum atomic E-state index is 0.212. The third-order valence-electron chi connectivity index (χ3n) is 3.43. The molecule has 0 fully saturated rings. The monoisotopic (exact) mass is 240 g/mol. The van der Waals surface area contributed by atoms with Crippen molar-refractivity contribution >= 4 is 16.8 Å². The standard InChI is InChI=1S/C15H16N2O/c18-15(17-8-4-1-5-9-17)10-12-11-16-14-7-3-2-6-13(12)14/h1-4,6-7,11,16H,5,8-10H2. The molecule has 0 saturated heterocycles. The van der Waals surface area contributed by atoms with E-state index in [4.69, 9.17) is 0 Å². The van der Waals surface area contributed by atoms with Crippen LogP contribution in [-0.4, -0.2) is 28.9 Å². The number of benzene rings is 1. The quantitative estimate of drug-likeness (QED) is 0.804. The summed E-state index contributed by atoms with van der Waals surface area (Å²) in [6.07, 6.45) is 7.60. The Kier molecular flexibility index (Phi) is 2.89. The summed E-state index contributed by atoms with van der Waals surface area (Å²) < 4.78 is 0. The molecule has 3 heteroatoms. The lowest BCUT2D eigenvalue weighted by Crippen LogP contribution is -2.34. The maximum atomic E-state index is 12.2. The van der Waals surface area contributed by atoms with Gasteiger partial charge in [0.1, 0.15) is 0 Å². The van der Waals surface area contributed by atoms with Crippen molar-refractivity contribution in [3.63, 3.8) is 0 Å². The van der Waals surface area contributed by atoms with Crippen LogP contribution in [-0.2, 0) is 11.2 Å². The first kappa shape index (κ1) is 11.1. The summed E-state index contributed by atoms with van der Waals surface area (Å²) >= 11 is 0. The molecule has 1 aromatic carbocycles. The first-order valence-corrected chi connectivity index (χ1v) is 6.32. The first-order valence-electron chi connectivity index (χ1n) is 6.32. The molecule has 92 valence electrons. The SMILES string of the molecule is O=C(Cc1c[nH]c2ccccc12)N1CC=CCC1. The van der Waals surface area contributed by atoms with Gasteiger partial charge < -0.3 is 9.88 Å². The van der Waals surface area contributed by atoms with E-state index in [1.165, 1.54) is 0 Å². The molecule has 1 aliphatic rings. The lowest BCUT2D eigenvalue weighted by Gasteiger charge is -2.23. The molecule has 3 nitrogen and oxygen atoms in total. The summed E-state index contributed by atoms with van der Waals surface area (Å²) in [5.74, 6) is 0.212. The minimum absolute atomic E-state index is 0.212. The second-order valence-corrected chi connectivity index (χ2v) is 4.64. The molecule has 2 heterocycles. The smallest absolute Gasteiger partial charge is 0.227 e. The zero-order valence-electron chi connectivity index (χ0n) is 10.2. The largest absolute Gasteiger partial charge is 0.361 e. The Morgan fingerprint density at radius 2 is 2.17 bits per heavy atom. The number of hydrogen-bond acceptors (Lipinski definition) is 1. The molecule has 1 aromatic heterocycles. The van der Waals surface area contributed by atoms with E-state index < -0.39 is 0 Å². The van der Waals surface area contributed by atoms with Crippen molar-refractivity contribution in [2.24, 2.45) is 0 Å². The molecule has 0 atom stereocenters. The Morgan fingerprint density at radius 1 is 1.28 bits per heavy atom. The van der Waals surface area contributed by atoms with Gasteiger partial charge in [-0.1, -0.05) is 30.4 Å². The van der Waals surface area contributed by atoms with Crippen LogP contribution in [0.15, 0.2) is 42.6 Å². The Bertz CT molecular complexity index is 597. The molecule has 0 bridgehead atoms. The number of aromatic nitrogens is 1. The molecule has 18 heavy (non-hydrogen) atoms. The van der Waals surface area contributed by atoms with Crippen molar-refractivity contribution in [2.45, 2.75) is 12.8 Å². The van der Waals surface area contributed by atoms with Crippen LogP contribution in [0.5, 0.6) is 0 Å². The Labute approximate surface area is 106 Å². The van der Waals surface area contributed by atoms with E-state index in [2.05, 4.69) is 23.2 Å². The molecule has 1 aliphatic heterocycles. The number of amides is 1. The second-order valence-electron chi connectivity index (χ2n) is 4.64. The van der Waals surface area contributed by atoms with Gasteiger partial charge in [0.2, 0.25) is 5.91 Å². The van der Waals surface area contributed by atoms with Gasteiger partial charge in [-0.25, -0.2) is 0 Å². The Hall–Kier alpha value is -2.03. The number of rotatable bonds is 2. The number of fused-ring (bicyclic) bond motifs is 1. The fourth-order valence-corrected chi connectivity index (χ4v) is 2.42. The molecular formula is C15H16N2O. The number of nitrogens with zero attached hydrogens (tertiary/aromatic N) is 1. The first-order chi connectivity index (χ1) is 8.84. The number of hydrogen-bond donors (Lipinski definition) is 1. The van der Waals surface area contributed by atoms with Gasteiger partial charge in [0.05, 0.1) is 6.42 Å². The Morgan fingerprint density at radius 3 is 3.00 bits per heavy atom. The lowest BCUT2D eigenvalue weighted by atomic mass is 10.1. The van der Waals surface area contributed by atoms with Crippen molar-refractivity contribution in [3.05, 3.63) is 48.2 Å². The minimum Gasteiger partial charge on any atom is -0.361 e. The maximum absolute atomic E-state index is 12.2.